The predicted molar refractivity (Wildman–Crippen MR) is 106 cm³/mol. The fourth-order valence-corrected chi connectivity index (χ4v) is 2.96. The molecule has 0 saturated carbocycles. The molecule has 2 aromatic rings. The van der Waals surface area contributed by atoms with Crippen LogP contribution >= 0.6 is 0 Å². The van der Waals surface area contributed by atoms with E-state index in [2.05, 4.69) is 34.0 Å². The van der Waals surface area contributed by atoms with Gasteiger partial charge in [0.1, 0.15) is 17.3 Å². The zero-order valence-corrected chi connectivity index (χ0v) is 16.2. The molecule has 2 heterocycles. The number of nitrogens with one attached hydrogen (secondary N) is 1. The van der Waals surface area contributed by atoms with Crippen LogP contribution in [0.25, 0.3) is 0 Å². The number of anilines is 2. The van der Waals surface area contributed by atoms with Gasteiger partial charge in [0.25, 0.3) is 5.91 Å². The van der Waals surface area contributed by atoms with Crippen molar-refractivity contribution in [2.24, 2.45) is 5.92 Å². The molecular formula is C20H27N5O2. The van der Waals surface area contributed by atoms with Gasteiger partial charge in [0.05, 0.1) is 19.5 Å². The lowest BCUT2D eigenvalue weighted by Crippen LogP contribution is -2.49. The van der Waals surface area contributed by atoms with Gasteiger partial charge in [0.15, 0.2) is 0 Å². The number of hydrogen-bond donors (Lipinski definition) is 1. The van der Waals surface area contributed by atoms with Gasteiger partial charge >= 0.3 is 0 Å². The molecule has 1 saturated heterocycles. The standard InChI is InChI=1S/C20H27N5O2/c1-15(2)12-22-19-14-21-18(13-23-19)20(26)25-10-8-24(9-11-25)16-4-6-17(27-3)7-5-16/h4-7,13-15H,8-12H2,1-3H3,(H,22,23). The fraction of sp³-hybridized carbons (Fsp3) is 0.450. The molecule has 1 aromatic heterocycles. The number of rotatable bonds is 6. The summed E-state index contributed by atoms with van der Waals surface area (Å²) in [6, 6.07) is 8.00. The second-order valence-corrected chi connectivity index (χ2v) is 7.04. The third-order valence-corrected chi connectivity index (χ3v) is 4.57. The highest BCUT2D eigenvalue weighted by molar-refractivity contribution is 5.92. The summed E-state index contributed by atoms with van der Waals surface area (Å²) in [7, 11) is 1.66. The van der Waals surface area contributed by atoms with Crippen LogP contribution in [0.4, 0.5) is 11.5 Å². The van der Waals surface area contributed by atoms with Crippen molar-refractivity contribution in [3.05, 3.63) is 42.4 Å². The van der Waals surface area contributed by atoms with Gasteiger partial charge in [-0.1, -0.05) is 13.8 Å². The molecule has 3 rings (SSSR count). The first-order valence-electron chi connectivity index (χ1n) is 9.31. The zero-order valence-electron chi connectivity index (χ0n) is 16.2. The van der Waals surface area contributed by atoms with Crippen molar-refractivity contribution in [1.82, 2.24) is 14.9 Å². The average molecular weight is 369 g/mol. The summed E-state index contributed by atoms with van der Waals surface area (Å²) in [4.78, 5) is 25.4. The summed E-state index contributed by atoms with van der Waals surface area (Å²) >= 11 is 0. The molecule has 7 nitrogen and oxygen atoms in total. The Morgan fingerprint density at radius 1 is 1.11 bits per heavy atom. The number of nitrogens with zero attached hydrogens (tertiary/aromatic N) is 4. The SMILES string of the molecule is COc1ccc(N2CCN(C(=O)c3cnc(NCC(C)C)cn3)CC2)cc1. The smallest absolute Gasteiger partial charge is 0.274 e. The predicted octanol–water partition coefficient (Wildman–Crippen LogP) is 2.52. The van der Waals surface area contributed by atoms with Crippen LogP contribution in [0.15, 0.2) is 36.7 Å². The van der Waals surface area contributed by atoms with Gasteiger partial charge in [-0.05, 0) is 30.2 Å². The molecule has 1 aromatic carbocycles. The highest BCUT2D eigenvalue weighted by atomic mass is 16.5. The number of aromatic nitrogens is 2. The molecule has 0 spiro atoms. The summed E-state index contributed by atoms with van der Waals surface area (Å²) < 4.78 is 5.20. The van der Waals surface area contributed by atoms with Gasteiger partial charge in [0.2, 0.25) is 0 Å². The van der Waals surface area contributed by atoms with Crippen molar-refractivity contribution in [2.75, 3.05) is 50.1 Å². The van der Waals surface area contributed by atoms with E-state index in [1.807, 2.05) is 29.2 Å². The maximum atomic E-state index is 12.7. The Labute approximate surface area is 160 Å². The van der Waals surface area contributed by atoms with E-state index in [1.165, 1.54) is 0 Å². The molecule has 27 heavy (non-hydrogen) atoms. The molecule has 144 valence electrons. The van der Waals surface area contributed by atoms with Crippen LogP contribution in [0, 0.1) is 5.92 Å². The maximum Gasteiger partial charge on any atom is 0.274 e. The van der Waals surface area contributed by atoms with E-state index in [0.29, 0.717) is 30.5 Å². The Morgan fingerprint density at radius 2 is 1.81 bits per heavy atom. The van der Waals surface area contributed by atoms with Gasteiger partial charge in [-0.3, -0.25) is 4.79 Å². The summed E-state index contributed by atoms with van der Waals surface area (Å²) in [6.07, 6.45) is 3.18. The first-order valence-corrected chi connectivity index (χ1v) is 9.31. The number of methoxy groups -OCH3 is 1. The second-order valence-electron chi connectivity index (χ2n) is 7.04. The molecule has 7 heteroatoms. The van der Waals surface area contributed by atoms with Gasteiger partial charge in [-0.2, -0.15) is 0 Å². The van der Waals surface area contributed by atoms with Gasteiger partial charge < -0.3 is 19.9 Å². The van der Waals surface area contributed by atoms with Crippen LogP contribution in [0.5, 0.6) is 5.75 Å². The van der Waals surface area contributed by atoms with E-state index in [4.69, 9.17) is 4.74 Å². The quantitative estimate of drug-likeness (QED) is 0.844. The first kappa shape index (κ1) is 18.9. The van der Waals surface area contributed by atoms with Crippen molar-refractivity contribution >= 4 is 17.4 Å². The number of hydrogen-bond acceptors (Lipinski definition) is 6. The molecule has 0 aliphatic carbocycles. The molecule has 0 atom stereocenters. The summed E-state index contributed by atoms with van der Waals surface area (Å²) in [5.41, 5.74) is 1.53. The van der Waals surface area contributed by atoms with Crippen LogP contribution in [0.1, 0.15) is 24.3 Å². The monoisotopic (exact) mass is 369 g/mol. The van der Waals surface area contributed by atoms with Crippen LogP contribution in [0.3, 0.4) is 0 Å². The molecular weight excluding hydrogens is 342 g/mol. The van der Waals surface area contributed by atoms with Gasteiger partial charge in [-0.25, -0.2) is 9.97 Å². The fourth-order valence-electron chi connectivity index (χ4n) is 2.96. The molecule has 1 fully saturated rings. The van der Waals surface area contributed by atoms with E-state index in [0.717, 1.165) is 31.1 Å². The van der Waals surface area contributed by atoms with Crippen molar-refractivity contribution in [1.29, 1.82) is 0 Å². The van der Waals surface area contributed by atoms with E-state index in [1.54, 1.807) is 19.5 Å². The lowest BCUT2D eigenvalue weighted by atomic mass is 10.2. The largest absolute Gasteiger partial charge is 0.497 e. The Hall–Kier alpha value is -2.83. The number of piperazine rings is 1. The molecule has 1 N–H and O–H groups in total. The number of carbonyl (C=O) groups excluding carboxylic acids is 1. The highest BCUT2D eigenvalue weighted by Gasteiger charge is 2.23. The molecule has 0 unspecified atom stereocenters. The summed E-state index contributed by atoms with van der Waals surface area (Å²) in [5.74, 6) is 2.00. The number of ether oxygens (including phenoxy) is 1. The Kier molecular flexibility index (Phi) is 6.11. The Morgan fingerprint density at radius 3 is 2.37 bits per heavy atom. The third-order valence-electron chi connectivity index (χ3n) is 4.57. The molecule has 1 aliphatic heterocycles. The van der Waals surface area contributed by atoms with Gasteiger partial charge in [-0.15, -0.1) is 0 Å². The normalized spacial score (nSPS) is 14.4. The van der Waals surface area contributed by atoms with Crippen LogP contribution in [-0.2, 0) is 0 Å². The number of amides is 1. The molecule has 1 aliphatic rings. The second kappa shape index (κ2) is 8.70. The van der Waals surface area contributed by atoms with Crippen LogP contribution in [0.2, 0.25) is 0 Å². The number of benzene rings is 1. The topological polar surface area (TPSA) is 70.6 Å². The molecule has 0 radical (unpaired) electrons. The first-order chi connectivity index (χ1) is 13.1. The zero-order chi connectivity index (χ0) is 19.2. The molecule has 0 bridgehead atoms. The Bertz CT molecular complexity index is 738. The lowest BCUT2D eigenvalue weighted by Gasteiger charge is -2.36. The minimum atomic E-state index is -0.0627. The van der Waals surface area contributed by atoms with Crippen molar-refractivity contribution in [2.45, 2.75) is 13.8 Å². The minimum Gasteiger partial charge on any atom is -0.497 e. The van der Waals surface area contributed by atoms with E-state index >= 15 is 0 Å². The van der Waals surface area contributed by atoms with Crippen molar-refractivity contribution in [3.8, 4) is 5.75 Å². The summed E-state index contributed by atoms with van der Waals surface area (Å²) in [5, 5.41) is 3.21. The van der Waals surface area contributed by atoms with Crippen LogP contribution < -0.4 is 15.0 Å². The highest BCUT2D eigenvalue weighted by Crippen LogP contribution is 2.21. The maximum absolute atomic E-state index is 12.7. The third kappa shape index (κ3) is 4.87. The lowest BCUT2D eigenvalue weighted by molar-refractivity contribution is 0.0740. The summed E-state index contributed by atoms with van der Waals surface area (Å²) in [6.45, 7) is 8.00. The minimum absolute atomic E-state index is 0.0627. The van der Waals surface area contributed by atoms with Gasteiger partial charge in [0, 0.05) is 38.4 Å². The van der Waals surface area contributed by atoms with E-state index in [9.17, 15) is 4.79 Å². The van der Waals surface area contributed by atoms with Crippen molar-refractivity contribution < 1.29 is 9.53 Å². The van der Waals surface area contributed by atoms with E-state index < -0.39 is 0 Å². The Balaban J connectivity index is 1.54. The number of carbonyl (C=O) groups is 1. The van der Waals surface area contributed by atoms with E-state index in [-0.39, 0.29) is 5.91 Å². The van der Waals surface area contributed by atoms with Crippen LogP contribution in [-0.4, -0.2) is 60.6 Å². The average Bonchev–Trinajstić information content (AvgIpc) is 2.72. The van der Waals surface area contributed by atoms with Crippen molar-refractivity contribution in [3.63, 3.8) is 0 Å². The molecule has 1 amide bonds.